The number of hydrogen-bond donors (Lipinski definition) is 0. The highest BCUT2D eigenvalue weighted by Crippen LogP contribution is 2.25. The largest absolute Gasteiger partial charge is 0.245 e. The molecule has 0 aliphatic carbocycles. The van der Waals surface area contributed by atoms with Crippen molar-refractivity contribution in [2.75, 3.05) is 0 Å². The number of halogens is 2. The van der Waals surface area contributed by atoms with Crippen molar-refractivity contribution in [3.05, 3.63) is 0 Å². The van der Waals surface area contributed by atoms with Crippen LogP contribution in [0.25, 0.3) is 0 Å². The average Bonchev–Trinajstić information content (AvgIpc) is 2.13. The summed E-state index contributed by atoms with van der Waals surface area (Å²) in [4.78, 5) is 0. The molecular formula is C13H26F2. The third-order valence-corrected chi connectivity index (χ3v) is 3.27. The summed E-state index contributed by atoms with van der Waals surface area (Å²) in [5, 5.41) is 0. The molecule has 0 N–H and O–H groups in total. The van der Waals surface area contributed by atoms with E-state index in [0.29, 0.717) is 18.3 Å². The molecular weight excluding hydrogens is 194 g/mol. The average molecular weight is 220 g/mol. The van der Waals surface area contributed by atoms with E-state index in [1.807, 2.05) is 6.92 Å². The van der Waals surface area contributed by atoms with E-state index >= 15 is 0 Å². The zero-order chi connectivity index (χ0) is 12.0. The molecule has 0 rings (SSSR count). The molecule has 0 aromatic rings. The Morgan fingerprint density at radius 3 is 1.73 bits per heavy atom. The Bertz CT molecular complexity index is 155. The molecule has 4 unspecified atom stereocenters. The molecule has 2 heteroatoms. The lowest BCUT2D eigenvalue weighted by Crippen LogP contribution is -2.20. The summed E-state index contributed by atoms with van der Waals surface area (Å²) < 4.78 is 25.8. The first-order valence-electron chi connectivity index (χ1n) is 6.12. The van der Waals surface area contributed by atoms with E-state index in [9.17, 15) is 8.78 Å². The zero-order valence-corrected chi connectivity index (χ0v) is 10.8. The molecule has 0 fully saturated rings. The van der Waals surface area contributed by atoms with Gasteiger partial charge in [-0.3, -0.25) is 0 Å². The molecule has 0 heterocycles. The van der Waals surface area contributed by atoms with Gasteiger partial charge < -0.3 is 0 Å². The quantitative estimate of drug-likeness (QED) is 0.579. The maximum Gasteiger partial charge on any atom is 0.131 e. The fourth-order valence-corrected chi connectivity index (χ4v) is 1.66. The van der Waals surface area contributed by atoms with Crippen molar-refractivity contribution < 1.29 is 8.78 Å². The summed E-state index contributed by atoms with van der Waals surface area (Å²) in [5.41, 5.74) is 0. The van der Waals surface area contributed by atoms with Gasteiger partial charge in [0.15, 0.2) is 0 Å². The van der Waals surface area contributed by atoms with Crippen molar-refractivity contribution in [3.8, 4) is 0 Å². The molecule has 0 aliphatic rings. The van der Waals surface area contributed by atoms with Crippen LogP contribution >= 0.6 is 0 Å². The Labute approximate surface area is 93.4 Å². The first-order valence-corrected chi connectivity index (χ1v) is 6.12. The van der Waals surface area contributed by atoms with Gasteiger partial charge in [-0.2, -0.15) is 0 Å². The molecule has 0 saturated heterocycles. The fourth-order valence-electron chi connectivity index (χ4n) is 1.66. The van der Waals surface area contributed by atoms with Crippen LogP contribution in [0.2, 0.25) is 0 Å². The van der Waals surface area contributed by atoms with Crippen LogP contribution in [-0.4, -0.2) is 12.3 Å². The molecule has 0 aliphatic heterocycles. The third kappa shape index (κ3) is 6.86. The van der Waals surface area contributed by atoms with E-state index in [0.717, 1.165) is 6.42 Å². The van der Waals surface area contributed by atoms with Crippen molar-refractivity contribution >= 4 is 0 Å². The van der Waals surface area contributed by atoms with Crippen LogP contribution in [-0.2, 0) is 0 Å². The summed E-state index contributed by atoms with van der Waals surface area (Å²) >= 11 is 0. The van der Waals surface area contributed by atoms with Gasteiger partial charge in [0.1, 0.15) is 12.3 Å². The topological polar surface area (TPSA) is 0 Å². The summed E-state index contributed by atoms with van der Waals surface area (Å²) in [6, 6.07) is 0. The lowest BCUT2D eigenvalue weighted by Gasteiger charge is -2.22. The Balaban J connectivity index is 3.82. The van der Waals surface area contributed by atoms with Gasteiger partial charge in [0.2, 0.25) is 0 Å². The Morgan fingerprint density at radius 1 is 0.800 bits per heavy atom. The standard InChI is InChI=1S/C13H26F2/c1-9(2)6-7-10(3)11(4)8-13(15)12(5)14/h9-13H,6-8H2,1-5H3. The van der Waals surface area contributed by atoms with E-state index in [1.54, 1.807) is 0 Å². The van der Waals surface area contributed by atoms with E-state index in [2.05, 4.69) is 20.8 Å². The van der Waals surface area contributed by atoms with Crippen LogP contribution in [0.5, 0.6) is 0 Å². The van der Waals surface area contributed by atoms with Crippen molar-refractivity contribution in [1.82, 2.24) is 0 Å². The van der Waals surface area contributed by atoms with Crippen LogP contribution in [0.3, 0.4) is 0 Å². The van der Waals surface area contributed by atoms with E-state index in [1.165, 1.54) is 13.3 Å². The summed E-state index contributed by atoms with van der Waals surface area (Å²) in [5.74, 6) is 1.46. The van der Waals surface area contributed by atoms with Crippen LogP contribution < -0.4 is 0 Å². The van der Waals surface area contributed by atoms with Gasteiger partial charge in [-0.05, 0) is 31.1 Å². The molecule has 0 bridgehead atoms. The predicted molar refractivity (Wildman–Crippen MR) is 62.5 cm³/mol. The summed E-state index contributed by atoms with van der Waals surface area (Å²) in [6.07, 6.45) is 0.0304. The second-order valence-electron chi connectivity index (χ2n) is 5.36. The monoisotopic (exact) mass is 220 g/mol. The molecule has 0 aromatic carbocycles. The van der Waals surface area contributed by atoms with Crippen LogP contribution in [0.15, 0.2) is 0 Å². The molecule has 0 aromatic heterocycles. The smallest absolute Gasteiger partial charge is 0.131 e. The molecule has 0 saturated carbocycles. The molecule has 92 valence electrons. The van der Waals surface area contributed by atoms with Gasteiger partial charge in [-0.1, -0.05) is 40.5 Å². The van der Waals surface area contributed by atoms with Gasteiger partial charge in [-0.25, -0.2) is 8.78 Å². The van der Waals surface area contributed by atoms with Crippen LogP contribution in [0.4, 0.5) is 8.78 Å². The molecule has 0 radical (unpaired) electrons. The highest BCUT2D eigenvalue weighted by atomic mass is 19.2. The number of rotatable bonds is 7. The second-order valence-corrected chi connectivity index (χ2v) is 5.36. The Hall–Kier alpha value is -0.140. The molecule has 0 amide bonds. The highest BCUT2D eigenvalue weighted by Gasteiger charge is 2.21. The van der Waals surface area contributed by atoms with E-state index in [-0.39, 0.29) is 5.92 Å². The van der Waals surface area contributed by atoms with Gasteiger partial charge in [0.25, 0.3) is 0 Å². The lowest BCUT2D eigenvalue weighted by atomic mass is 9.85. The van der Waals surface area contributed by atoms with Crippen LogP contribution in [0, 0.1) is 17.8 Å². The van der Waals surface area contributed by atoms with Crippen molar-refractivity contribution in [2.24, 2.45) is 17.8 Å². The van der Waals surface area contributed by atoms with E-state index in [4.69, 9.17) is 0 Å². The molecule has 15 heavy (non-hydrogen) atoms. The first kappa shape index (κ1) is 14.9. The Kier molecular flexibility index (Phi) is 7.12. The third-order valence-electron chi connectivity index (χ3n) is 3.27. The zero-order valence-electron chi connectivity index (χ0n) is 10.8. The maximum atomic E-state index is 13.2. The predicted octanol–water partition coefficient (Wildman–Crippen LogP) is 4.78. The van der Waals surface area contributed by atoms with Gasteiger partial charge in [0.05, 0.1) is 0 Å². The molecule has 4 atom stereocenters. The molecule has 0 nitrogen and oxygen atoms in total. The maximum absolute atomic E-state index is 13.2. The SMILES string of the molecule is CC(C)CCC(C)C(C)CC(F)C(C)F. The minimum absolute atomic E-state index is 0.275. The second kappa shape index (κ2) is 7.19. The van der Waals surface area contributed by atoms with Crippen molar-refractivity contribution in [1.29, 1.82) is 0 Å². The highest BCUT2D eigenvalue weighted by molar-refractivity contribution is 4.71. The lowest BCUT2D eigenvalue weighted by molar-refractivity contribution is 0.139. The van der Waals surface area contributed by atoms with Gasteiger partial charge in [-0.15, -0.1) is 0 Å². The number of hydrogen-bond acceptors (Lipinski definition) is 0. The molecule has 0 spiro atoms. The summed E-state index contributed by atoms with van der Waals surface area (Å²) in [6.45, 7) is 9.86. The minimum Gasteiger partial charge on any atom is -0.245 e. The van der Waals surface area contributed by atoms with Crippen molar-refractivity contribution in [2.45, 2.75) is 66.2 Å². The Morgan fingerprint density at radius 2 is 1.33 bits per heavy atom. The first-order chi connectivity index (χ1) is 6.84. The normalized spacial score (nSPS) is 20.0. The van der Waals surface area contributed by atoms with Gasteiger partial charge in [0, 0.05) is 0 Å². The minimum atomic E-state index is -1.33. The van der Waals surface area contributed by atoms with Crippen molar-refractivity contribution in [3.63, 3.8) is 0 Å². The van der Waals surface area contributed by atoms with E-state index < -0.39 is 12.3 Å². The fraction of sp³-hybridized carbons (Fsp3) is 1.00. The number of alkyl halides is 2. The van der Waals surface area contributed by atoms with Crippen LogP contribution in [0.1, 0.15) is 53.9 Å². The van der Waals surface area contributed by atoms with Gasteiger partial charge >= 0.3 is 0 Å². The summed E-state index contributed by atoms with van der Waals surface area (Å²) in [7, 11) is 0.